The molecule has 35 heavy (non-hydrogen) atoms. The van der Waals surface area contributed by atoms with Gasteiger partial charge in [-0.1, -0.05) is 28.9 Å². The number of methoxy groups -OCH3 is 1. The highest BCUT2D eigenvalue weighted by Crippen LogP contribution is 2.36. The molecular formula is C26H35Br3N2O4. The first-order valence-corrected chi connectivity index (χ1v) is 14.3. The number of hydrogen-bond donors (Lipinski definition) is 1. The highest BCUT2D eigenvalue weighted by molar-refractivity contribution is 9.11. The highest BCUT2D eigenvalue weighted by Gasteiger charge is 2.17. The predicted molar refractivity (Wildman–Crippen MR) is 151 cm³/mol. The zero-order valence-electron chi connectivity index (χ0n) is 20.6. The third-order valence-electron chi connectivity index (χ3n) is 6.13. The van der Waals surface area contributed by atoms with Gasteiger partial charge in [-0.15, -0.1) is 0 Å². The van der Waals surface area contributed by atoms with Crippen LogP contribution in [0.5, 0.6) is 17.2 Å². The summed E-state index contributed by atoms with van der Waals surface area (Å²) in [6.45, 7) is 7.56. The van der Waals surface area contributed by atoms with Crippen LogP contribution in [0.2, 0.25) is 0 Å². The fourth-order valence-corrected chi connectivity index (χ4v) is 6.62. The van der Waals surface area contributed by atoms with E-state index in [-0.39, 0.29) is 6.61 Å². The molecule has 1 aliphatic rings. The SMILES string of the molecule is COc1cc(CN(C)C[C@H](O)COc2c(Br)cc(Br)cc2Br)ccc1OCCN1CCC(C)CC1. The summed E-state index contributed by atoms with van der Waals surface area (Å²) in [6, 6.07) is 9.85. The maximum Gasteiger partial charge on any atom is 0.161 e. The van der Waals surface area contributed by atoms with Crippen molar-refractivity contribution >= 4 is 47.8 Å². The lowest BCUT2D eigenvalue weighted by molar-refractivity contribution is 0.0738. The van der Waals surface area contributed by atoms with Crippen LogP contribution >= 0.6 is 47.8 Å². The lowest BCUT2D eigenvalue weighted by atomic mass is 9.99. The van der Waals surface area contributed by atoms with Crippen LogP contribution in [0, 0.1) is 5.92 Å². The molecule has 0 bridgehead atoms. The van der Waals surface area contributed by atoms with Crippen LogP contribution < -0.4 is 14.2 Å². The van der Waals surface area contributed by atoms with Crippen molar-refractivity contribution < 1.29 is 19.3 Å². The van der Waals surface area contributed by atoms with E-state index in [0.29, 0.717) is 25.4 Å². The van der Waals surface area contributed by atoms with Gasteiger partial charge in [0.1, 0.15) is 25.1 Å². The molecule has 0 unspecified atom stereocenters. The summed E-state index contributed by atoms with van der Waals surface area (Å²) >= 11 is 10.4. The van der Waals surface area contributed by atoms with E-state index in [1.54, 1.807) is 7.11 Å². The van der Waals surface area contributed by atoms with Crippen LogP contribution in [0.3, 0.4) is 0 Å². The minimum Gasteiger partial charge on any atom is -0.493 e. The van der Waals surface area contributed by atoms with Crippen molar-refractivity contribution in [3.05, 3.63) is 49.3 Å². The van der Waals surface area contributed by atoms with Crippen LogP contribution in [0.1, 0.15) is 25.3 Å². The fraction of sp³-hybridized carbons (Fsp3) is 0.538. The molecule has 1 N–H and O–H groups in total. The molecule has 0 saturated carbocycles. The van der Waals surface area contributed by atoms with Gasteiger partial charge in [-0.25, -0.2) is 0 Å². The summed E-state index contributed by atoms with van der Waals surface area (Å²) in [5.74, 6) is 3.01. The van der Waals surface area contributed by atoms with E-state index in [0.717, 1.165) is 56.0 Å². The number of benzene rings is 2. The van der Waals surface area contributed by atoms with Crippen LogP contribution in [-0.4, -0.2) is 74.6 Å². The molecule has 2 aromatic rings. The Kier molecular flexibility index (Phi) is 11.6. The number of nitrogens with zero attached hydrogens (tertiary/aromatic N) is 2. The first-order chi connectivity index (χ1) is 16.7. The normalized spacial score (nSPS) is 15.9. The third-order valence-corrected chi connectivity index (χ3v) is 7.76. The number of hydrogen-bond acceptors (Lipinski definition) is 6. The third kappa shape index (κ3) is 9.20. The lowest BCUT2D eigenvalue weighted by Crippen LogP contribution is -2.35. The Bertz CT molecular complexity index is 931. The smallest absolute Gasteiger partial charge is 0.161 e. The largest absolute Gasteiger partial charge is 0.493 e. The summed E-state index contributed by atoms with van der Waals surface area (Å²) in [4.78, 5) is 4.53. The maximum absolute atomic E-state index is 10.5. The van der Waals surface area contributed by atoms with Gasteiger partial charge >= 0.3 is 0 Å². The Morgan fingerprint density at radius 3 is 2.40 bits per heavy atom. The average Bonchev–Trinajstić information content (AvgIpc) is 2.80. The van der Waals surface area contributed by atoms with Crippen molar-refractivity contribution in [2.24, 2.45) is 5.92 Å². The van der Waals surface area contributed by atoms with Gasteiger partial charge in [0.25, 0.3) is 0 Å². The second-order valence-corrected chi connectivity index (χ2v) is 11.8. The molecule has 1 heterocycles. The Morgan fingerprint density at radius 2 is 1.74 bits per heavy atom. The van der Waals surface area contributed by atoms with Crippen LogP contribution in [0.15, 0.2) is 43.7 Å². The molecule has 0 aliphatic carbocycles. The van der Waals surface area contributed by atoms with Crippen LogP contribution in [0.4, 0.5) is 0 Å². The quantitative estimate of drug-likeness (QED) is 0.299. The van der Waals surface area contributed by atoms with E-state index in [9.17, 15) is 5.11 Å². The predicted octanol–water partition coefficient (Wildman–Crippen LogP) is 5.97. The topological polar surface area (TPSA) is 54.4 Å². The van der Waals surface area contributed by atoms with Gasteiger partial charge in [-0.2, -0.15) is 0 Å². The van der Waals surface area contributed by atoms with Gasteiger partial charge in [0.15, 0.2) is 11.5 Å². The number of piperidine rings is 1. The Morgan fingerprint density at radius 1 is 1.06 bits per heavy atom. The molecule has 9 heteroatoms. The van der Waals surface area contributed by atoms with E-state index in [1.807, 2.05) is 31.3 Å². The molecular weight excluding hydrogens is 644 g/mol. The number of halogens is 3. The average molecular weight is 679 g/mol. The van der Waals surface area contributed by atoms with Crippen molar-refractivity contribution in [1.82, 2.24) is 9.80 Å². The second-order valence-electron chi connectivity index (χ2n) is 9.22. The molecule has 6 nitrogen and oxygen atoms in total. The number of likely N-dealkylation sites (N-methyl/N-ethyl adjacent to an activating group) is 1. The van der Waals surface area contributed by atoms with Gasteiger partial charge in [-0.05, 0) is 101 Å². The molecule has 194 valence electrons. The molecule has 1 aliphatic heterocycles. The number of likely N-dealkylation sites (tertiary alicyclic amines) is 1. The van der Waals surface area contributed by atoms with Crippen molar-refractivity contribution in [2.75, 3.05) is 53.6 Å². The number of aliphatic hydroxyl groups excluding tert-OH is 1. The monoisotopic (exact) mass is 676 g/mol. The minimum atomic E-state index is -0.635. The van der Waals surface area contributed by atoms with Crippen LogP contribution in [-0.2, 0) is 6.54 Å². The molecule has 1 fully saturated rings. The van der Waals surface area contributed by atoms with E-state index >= 15 is 0 Å². The van der Waals surface area contributed by atoms with E-state index < -0.39 is 6.10 Å². The number of aliphatic hydroxyl groups is 1. The summed E-state index contributed by atoms with van der Waals surface area (Å²) in [7, 11) is 3.65. The number of ether oxygens (including phenoxy) is 3. The van der Waals surface area contributed by atoms with Gasteiger partial charge in [-0.3, -0.25) is 9.80 Å². The van der Waals surface area contributed by atoms with Gasteiger partial charge in [0.05, 0.1) is 16.1 Å². The van der Waals surface area contributed by atoms with Crippen molar-refractivity contribution in [3.63, 3.8) is 0 Å². The molecule has 0 spiro atoms. The zero-order valence-corrected chi connectivity index (χ0v) is 25.4. The summed E-state index contributed by atoms with van der Waals surface area (Å²) in [6.07, 6.45) is 1.90. The second kappa shape index (κ2) is 14.2. The first kappa shape index (κ1) is 28.7. The Balaban J connectivity index is 1.45. The number of rotatable bonds is 12. The standard InChI is InChI=1S/C26H35Br3N2O4/c1-18-6-8-31(9-7-18)10-11-34-24-5-4-19(12-25(24)33-3)15-30(2)16-21(32)17-35-26-22(28)13-20(27)14-23(26)29/h4-5,12-14,18,21,32H,6-11,15-17H2,1-3H3/t21-/m0/s1. The fourth-order valence-electron chi connectivity index (χ4n) is 4.14. The summed E-state index contributed by atoms with van der Waals surface area (Å²) in [5.41, 5.74) is 1.09. The van der Waals surface area contributed by atoms with Gasteiger partial charge < -0.3 is 19.3 Å². The maximum atomic E-state index is 10.5. The van der Waals surface area contributed by atoms with E-state index in [4.69, 9.17) is 14.2 Å². The van der Waals surface area contributed by atoms with Crippen molar-refractivity contribution in [1.29, 1.82) is 0 Å². The van der Waals surface area contributed by atoms with E-state index in [2.05, 4.69) is 70.6 Å². The molecule has 1 saturated heterocycles. The van der Waals surface area contributed by atoms with Gasteiger partial charge in [0.2, 0.25) is 0 Å². The molecule has 0 radical (unpaired) electrons. The molecule has 1 atom stereocenters. The summed E-state index contributed by atoms with van der Waals surface area (Å²) < 4.78 is 20.0. The minimum absolute atomic E-state index is 0.190. The van der Waals surface area contributed by atoms with Crippen molar-refractivity contribution in [3.8, 4) is 17.2 Å². The Labute approximate surface area is 234 Å². The molecule has 0 amide bonds. The van der Waals surface area contributed by atoms with Crippen LogP contribution in [0.25, 0.3) is 0 Å². The first-order valence-electron chi connectivity index (χ1n) is 11.9. The molecule has 3 rings (SSSR count). The van der Waals surface area contributed by atoms with Crippen molar-refractivity contribution in [2.45, 2.75) is 32.4 Å². The molecule has 0 aromatic heterocycles. The highest BCUT2D eigenvalue weighted by atomic mass is 79.9. The molecule has 2 aromatic carbocycles. The summed E-state index contributed by atoms with van der Waals surface area (Å²) in [5, 5.41) is 10.5. The van der Waals surface area contributed by atoms with Gasteiger partial charge in [0, 0.05) is 24.1 Å². The Hall–Kier alpha value is -0.840. The zero-order chi connectivity index (χ0) is 25.4. The van der Waals surface area contributed by atoms with E-state index in [1.165, 1.54) is 12.8 Å². The lowest BCUT2D eigenvalue weighted by Gasteiger charge is -2.30.